The normalized spacial score (nSPS) is 15.3. The third kappa shape index (κ3) is 4.60. The summed E-state index contributed by atoms with van der Waals surface area (Å²) < 4.78 is 7.37. The van der Waals surface area contributed by atoms with Crippen molar-refractivity contribution in [2.75, 3.05) is 0 Å². The van der Waals surface area contributed by atoms with E-state index in [0.717, 1.165) is 6.42 Å². The summed E-state index contributed by atoms with van der Waals surface area (Å²) in [5, 5.41) is 6.45. The number of fused-ring (bicyclic) bond motifs is 12. The Kier molecular flexibility index (Phi) is 6.90. The van der Waals surface area contributed by atoms with E-state index in [-0.39, 0.29) is 11.3 Å². The molecule has 8 aromatic carbocycles. The number of rotatable bonds is 4. The number of hydrogen-bond donors (Lipinski definition) is 0. The molecule has 0 radical (unpaired) electrons. The number of aromatic nitrogens is 3. The molecular formula is C57H41N3. The maximum atomic E-state index is 2.53. The first-order valence-corrected chi connectivity index (χ1v) is 21.2. The maximum absolute atomic E-state index is 2.53. The van der Waals surface area contributed by atoms with Gasteiger partial charge in [0.15, 0.2) is 0 Å². The Bertz CT molecular complexity index is 3590. The zero-order valence-electron chi connectivity index (χ0n) is 33.6. The van der Waals surface area contributed by atoms with Crippen LogP contribution in [0.5, 0.6) is 0 Å². The first kappa shape index (κ1) is 33.6. The van der Waals surface area contributed by atoms with E-state index < -0.39 is 0 Å². The molecule has 0 N–H and O–H groups in total. The highest BCUT2D eigenvalue weighted by Gasteiger charge is 2.36. The number of hydrogen-bond acceptors (Lipinski definition) is 0. The van der Waals surface area contributed by atoms with Crippen LogP contribution in [0.25, 0.3) is 88.8 Å². The summed E-state index contributed by atoms with van der Waals surface area (Å²) in [6, 6.07) is 67.6. The summed E-state index contributed by atoms with van der Waals surface area (Å²) in [6.45, 7) is 4.77. The van der Waals surface area contributed by atoms with Crippen LogP contribution in [0.4, 0.5) is 0 Å². The van der Waals surface area contributed by atoms with Crippen LogP contribution in [0.1, 0.15) is 47.7 Å². The maximum Gasteiger partial charge on any atom is 0.0544 e. The minimum Gasteiger partial charge on any atom is -0.310 e. The Labute approximate surface area is 348 Å². The predicted molar refractivity (Wildman–Crippen MR) is 251 cm³/mol. The molecule has 0 fully saturated rings. The van der Waals surface area contributed by atoms with Crippen LogP contribution in [0.2, 0.25) is 0 Å². The molecule has 0 aliphatic heterocycles. The van der Waals surface area contributed by atoms with Gasteiger partial charge in [-0.25, -0.2) is 0 Å². The van der Waals surface area contributed by atoms with E-state index in [0.29, 0.717) is 0 Å². The molecule has 3 heterocycles. The molecule has 1 unspecified atom stereocenters. The van der Waals surface area contributed by atoms with E-state index in [1.54, 1.807) is 0 Å². The van der Waals surface area contributed by atoms with E-state index in [1.807, 2.05) is 0 Å². The summed E-state index contributed by atoms with van der Waals surface area (Å²) in [4.78, 5) is 0. The zero-order valence-corrected chi connectivity index (χ0v) is 33.6. The molecule has 11 aromatic rings. The van der Waals surface area contributed by atoms with Gasteiger partial charge in [0.1, 0.15) is 0 Å². The summed E-state index contributed by atoms with van der Waals surface area (Å²) >= 11 is 0. The smallest absolute Gasteiger partial charge is 0.0544 e. The van der Waals surface area contributed by atoms with Gasteiger partial charge in [-0.1, -0.05) is 123 Å². The molecule has 3 aromatic heterocycles. The Morgan fingerprint density at radius 3 is 1.78 bits per heavy atom. The minimum absolute atomic E-state index is 0.108. The monoisotopic (exact) mass is 767 g/mol. The van der Waals surface area contributed by atoms with E-state index in [4.69, 9.17) is 0 Å². The fourth-order valence-corrected chi connectivity index (χ4v) is 11.0. The Hall–Kier alpha value is -7.36. The summed E-state index contributed by atoms with van der Waals surface area (Å²) in [5.41, 5.74) is 19.2. The van der Waals surface area contributed by atoms with Crippen LogP contribution < -0.4 is 0 Å². The fourth-order valence-electron chi connectivity index (χ4n) is 11.0. The lowest BCUT2D eigenvalue weighted by Gasteiger charge is -2.21. The second-order valence-electron chi connectivity index (χ2n) is 17.3. The van der Waals surface area contributed by atoms with E-state index in [2.05, 4.69) is 222 Å². The van der Waals surface area contributed by atoms with Gasteiger partial charge in [0.2, 0.25) is 0 Å². The third-order valence-corrected chi connectivity index (χ3v) is 13.8. The van der Waals surface area contributed by atoms with E-state index >= 15 is 0 Å². The summed E-state index contributed by atoms with van der Waals surface area (Å²) in [7, 11) is 0. The van der Waals surface area contributed by atoms with Gasteiger partial charge in [0, 0.05) is 61.0 Å². The number of nitrogens with zero attached hydrogens (tertiary/aromatic N) is 3. The number of para-hydroxylation sites is 4. The Balaban J connectivity index is 1.03. The van der Waals surface area contributed by atoms with Crippen molar-refractivity contribution in [1.29, 1.82) is 0 Å². The van der Waals surface area contributed by atoms with Crippen LogP contribution in [0.15, 0.2) is 188 Å². The molecule has 0 saturated heterocycles. The zero-order chi connectivity index (χ0) is 39.7. The first-order valence-electron chi connectivity index (χ1n) is 21.2. The first-order chi connectivity index (χ1) is 29.5. The number of allylic oxidation sites excluding steroid dienone is 1. The van der Waals surface area contributed by atoms with Gasteiger partial charge >= 0.3 is 0 Å². The molecule has 0 bridgehead atoms. The molecule has 0 saturated carbocycles. The Morgan fingerprint density at radius 2 is 1.00 bits per heavy atom. The van der Waals surface area contributed by atoms with E-state index in [1.165, 1.54) is 111 Å². The van der Waals surface area contributed by atoms with E-state index in [9.17, 15) is 0 Å². The topological polar surface area (TPSA) is 14.8 Å². The second kappa shape index (κ2) is 12.3. The highest BCUT2D eigenvalue weighted by atomic mass is 15.0. The molecule has 3 heteroatoms. The van der Waals surface area contributed by atoms with Gasteiger partial charge in [-0.05, 0) is 125 Å². The lowest BCUT2D eigenvalue weighted by atomic mass is 9.82. The van der Waals surface area contributed by atoms with Gasteiger partial charge < -0.3 is 13.7 Å². The molecular weight excluding hydrogens is 727 g/mol. The van der Waals surface area contributed by atoms with Crippen LogP contribution in [-0.4, -0.2) is 13.7 Å². The molecule has 13 rings (SSSR count). The minimum atomic E-state index is -0.108. The van der Waals surface area contributed by atoms with Crippen LogP contribution in [0.3, 0.4) is 0 Å². The van der Waals surface area contributed by atoms with Crippen molar-refractivity contribution in [3.8, 4) is 28.2 Å². The van der Waals surface area contributed by atoms with Crippen molar-refractivity contribution in [3.63, 3.8) is 0 Å². The van der Waals surface area contributed by atoms with Gasteiger partial charge in [-0.2, -0.15) is 0 Å². The van der Waals surface area contributed by atoms with Crippen molar-refractivity contribution < 1.29 is 0 Å². The second-order valence-corrected chi connectivity index (χ2v) is 17.3. The van der Waals surface area contributed by atoms with Crippen LogP contribution in [0, 0.1) is 0 Å². The lowest BCUT2D eigenvalue weighted by molar-refractivity contribution is 0.661. The van der Waals surface area contributed by atoms with Gasteiger partial charge in [0.25, 0.3) is 0 Å². The summed E-state index contributed by atoms with van der Waals surface area (Å²) in [5.74, 6) is 0.255. The summed E-state index contributed by atoms with van der Waals surface area (Å²) in [6.07, 6.45) is 5.76. The predicted octanol–water partition coefficient (Wildman–Crippen LogP) is 14.5. The molecule has 284 valence electrons. The van der Waals surface area contributed by atoms with Crippen molar-refractivity contribution in [1.82, 2.24) is 13.7 Å². The molecule has 2 aliphatic rings. The van der Waals surface area contributed by atoms with Crippen LogP contribution >= 0.6 is 0 Å². The average Bonchev–Trinajstić information content (AvgIpc) is 3.99. The standard InChI is InChI=1S/C57H41N3/c1-57(2)49-22-12-9-19-41(49)44-34-48-46-32-37(36-25-28-53-45(31-36)42-20-10-13-23-51(42)58(53)38-15-5-3-6-16-38)26-29-54(46)60(56(48)35-50(44)57)40-27-30-55-47(33-40)43-21-11-14-24-52(43)59(55)39-17-7-4-8-18-39/h3-30,32-36H,31H2,1-2H3. The molecule has 0 amide bonds. The SMILES string of the molecule is CC1(C)c2ccccc2-c2cc3c4cc(C5C=Cc6c(c7ccccc7n6-c6ccccc6)C5)ccc4n(-c4ccc5c(c4)c4ccccc4n5-c4ccccc4)c3cc21. The molecule has 3 nitrogen and oxygen atoms in total. The largest absolute Gasteiger partial charge is 0.310 e. The molecule has 1 atom stereocenters. The quantitative estimate of drug-likeness (QED) is 0.169. The van der Waals surface area contributed by atoms with Crippen LogP contribution in [-0.2, 0) is 11.8 Å². The van der Waals surface area contributed by atoms with Gasteiger partial charge in [-0.3, -0.25) is 0 Å². The highest BCUT2D eigenvalue weighted by Crippen LogP contribution is 2.51. The van der Waals surface area contributed by atoms with Gasteiger partial charge in [0.05, 0.1) is 27.6 Å². The number of benzene rings is 8. The molecule has 0 spiro atoms. The van der Waals surface area contributed by atoms with Crippen molar-refractivity contribution in [2.45, 2.75) is 31.6 Å². The molecule has 2 aliphatic carbocycles. The molecule has 60 heavy (non-hydrogen) atoms. The fraction of sp³-hybridized carbons (Fsp3) is 0.0877. The average molecular weight is 768 g/mol. The van der Waals surface area contributed by atoms with Crippen molar-refractivity contribution >= 4 is 60.6 Å². The van der Waals surface area contributed by atoms with Crippen molar-refractivity contribution in [2.24, 2.45) is 0 Å². The Morgan fingerprint density at radius 1 is 0.417 bits per heavy atom. The lowest BCUT2D eigenvalue weighted by Crippen LogP contribution is -2.14. The van der Waals surface area contributed by atoms with Gasteiger partial charge in [-0.15, -0.1) is 0 Å². The third-order valence-electron chi connectivity index (χ3n) is 13.8. The van der Waals surface area contributed by atoms with Crippen molar-refractivity contribution in [3.05, 3.63) is 216 Å². The highest BCUT2D eigenvalue weighted by molar-refractivity contribution is 6.14.